The van der Waals surface area contributed by atoms with Crippen LogP contribution < -0.4 is 5.32 Å². The van der Waals surface area contributed by atoms with Gasteiger partial charge in [-0.05, 0) is 103 Å². The van der Waals surface area contributed by atoms with Crippen LogP contribution in [0.1, 0.15) is 213 Å². The number of rotatable bonds is 39. The molecular formula is C46H81NO5. The molecule has 0 saturated heterocycles. The predicted octanol–water partition coefficient (Wildman–Crippen LogP) is 13.5. The molecule has 0 aromatic heterocycles. The van der Waals surface area contributed by atoms with Crippen molar-refractivity contribution in [1.82, 2.24) is 5.32 Å². The Morgan fingerprint density at radius 1 is 0.500 bits per heavy atom. The molecule has 1 unspecified atom stereocenters. The number of allylic oxidation sites excluding steroid dienone is 8. The fourth-order valence-electron chi connectivity index (χ4n) is 6.22. The van der Waals surface area contributed by atoms with E-state index in [1.54, 1.807) is 0 Å². The monoisotopic (exact) mass is 728 g/mol. The second-order valence-corrected chi connectivity index (χ2v) is 14.6. The van der Waals surface area contributed by atoms with E-state index in [4.69, 9.17) is 9.84 Å². The second-order valence-electron chi connectivity index (χ2n) is 14.6. The molecule has 0 aliphatic carbocycles. The average Bonchev–Trinajstić information content (AvgIpc) is 3.13. The molecule has 0 saturated carbocycles. The summed E-state index contributed by atoms with van der Waals surface area (Å²) in [7, 11) is 0. The summed E-state index contributed by atoms with van der Waals surface area (Å²) in [5.41, 5.74) is 0. The highest BCUT2D eigenvalue weighted by Crippen LogP contribution is 2.18. The van der Waals surface area contributed by atoms with Gasteiger partial charge in [0.05, 0.1) is 0 Å². The van der Waals surface area contributed by atoms with Crippen LogP contribution in [0.3, 0.4) is 0 Å². The van der Waals surface area contributed by atoms with E-state index in [9.17, 15) is 14.4 Å². The minimum atomic E-state index is -1.02. The molecule has 2 N–H and O–H groups in total. The average molecular weight is 728 g/mol. The maximum atomic E-state index is 12.8. The Kier molecular flexibility index (Phi) is 39.1. The molecule has 0 aliphatic heterocycles. The van der Waals surface area contributed by atoms with E-state index >= 15 is 0 Å². The minimum Gasteiger partial charge on any atom is -0.480 e. The van der Waals surface area contributed by atoms with Gasteiger partial charge in [0.2, 0.25) is 5.91 Å². The molecule has 0 rings (SSSR count). The smallest absolute Gasteiger partial charge is 0.322 e. The van der Waals surface area contributed by atoms with E-state index < -0.39 is 5.97 Å². The standard InChI is InChI=1S/C46H81NO5/c1-3-5-7-9-11-13-15-17-19-21-23-25-27-30-34-38-43(39-35-31-29-32-36-40-44(48)47-42-45(49)50)52-46(51)41-37-33-28-26-24-22-20-18-16-14-12-10-8-6-4-2/h12,14-15,17-18,20-21,23,43H,3-11,13,16,19,22,24-42H2,1-2H3,(H,47,48)(H,49,50)/b14-12-,17-15-,20-18-,23-21-. The number of hydrogen-bond donors (Lipinski definition) is 2. The molecule has 0 aromatic carbocycles. The predicted molar refractivity (Wildman–Crippen MR) is 222 cm³/mol. The Morgan fingerprint density at radius 2 is 0.885 bits per heavy atom. The minimum absolute atomic E-state index is 0.00470. The number of unbranched alkanes of at least 4 members (excludes halogenated alkanes) is 20. The topological polar surface area (TPSA) is 92.7 Å². The van der Waals surface area contributed by atoms with E-state index in [2.05, 4.69) is 67.8 Å². The van der Waals surface area contributed by atoms with Crippen molar-refractivity contribution in [2.24, 2.45) is 0 Å². The van der Waals surface area contributed by atoms with Gasteiger partial charge in [-0.3, -0.25) is 14.4 Å². The van der Waals surface area contributed by atoms with Crippen LogP contribution in [0.4, 0.5) is 0 Å². The van der Waals surface area contributed by atoms with E-state index in [1.807, 2.05) is 0 Å². The Hall–Kier alpha value is -2.63. The largest absolute Gasteiger partial charge is 0.480 e. The number of carboxylic acid groups (broad SMARTS) is 1. The van der Waals surface area contributed by atoms with Crippen LogP contribution in [0.5, 0.6) is 0 Å². The van der Waals surface area contributed by atoms with Crippen molar-refractivity contribution in [3.8, 4) is 0 Å². The third-order valence-corrected chi connectivity index (χ3v) is 9.47. The number of aliphatic carboxylic acids is 1. The van der Waals surface area contributed by atoms with Crippen LogP contribution in [0, 0.1) is 0 Å². The maximum Gasteiger partial charge on any atom is 0.322 e. The van der Waals surface area contributed by atoms with Crippen molar-refractivity contribution in [2.75, 3.05) is 6.54 Å². The molecular weight excluding hydrogens is 647 g/mol. The fraction of sp³-hybridized carbons (Fsp3) is 0.761. The number of nitrogens with one attached hydrogen (secondary N) is 1. The highest BCUT2D eigenvalue weighted by molar-refractivity contribution is 5.80. The molecule has 0 bridgehead atoms. The molecule has 0 fully saturated rings. The van der Waals surface area contributed by atoms with Crippen molar-refractivity contribution in [1.29, 1.82) is 0 Å². The van der Waals surface area contributed by atoms with Crippen LogP contribution >= 0.6 is 0 Å². The number of carboxylic acids is 1. The normalized spacial score (nSPS) is 12.5. The second kappa shape index (κ2) is 41.1. The molecule has 300 valence electrons. The molecule has 0 aromatic rings. The lowest BCUT2D eigenvalue weighted by Gasteiger charge is -2.18. The zero-order valence-electron chi connectivity index (χ0n) is 33.9. The zero-order valence-corrected chi connectivity index (χ0v) is 33.9. The van der Waals surface area contributed by atoms with Crippen molar-refractivity contribution in [2.45, 2.75) is 219 Å². The fourth-order valence-corrected chi connectivity index (χ4v) is 6.22. The van der Waals surface area contributed by atoms with E-state index in [0.29, 0.717) is 12.8 Å². The third kappa shape index (κ3) is 40.1. The summed E-state index contributed by atoms with van der Waals surface area (Å²) in [6, 6.07) is 0. The maximum absolute atomic E-state index is 12.8. The molecule has 0 aliphatic rings. The first-order chi connectivity index (χ1) is 25.5. The zero-order chi connectivity index (χ0) is 38.0. The molecule has 6 heteroatoms. The van der Waals surface area contributed by atoms with E-state index in [-0.39, 0.29) is 24.5 Å². The number of carbonyl (C=O) groups excluding carboxylic acids is 2. The lowest BCUT2D eigenvalue weighted by molar-refractivity contribution is -0.150. The van der Waals surface area contributed by atoms with Crippen molar-refractivity contribution >= 4 is 17.8 Å². The number of ether oxygens (including phenoxy) is 1. The van der Waals surface area contributed by atoms with Gasteiger partial charge in [0.1, 0.15) is 12.6 Å². The Morgan fingerprint density at radius 3 is 1.38 bits per heavy atom. The highest BCUT2D eigenvalue weighted by atomic mass is 16.5. The summed E-state index contributed by atoms with van der Waals surface area (Å²) in [4.78, 5) is 35.0. The summed E-state index contributed by atoms with van der Waals surface area (Å²) in [6.07, 6.45) is 52.3. The van der Waals surface area contributed by atoms with Gasteiger partial charge in [-0.25, -0.2) is 0 Å². The number of hydrogen-bond acceptors (Lipinski definition) is 4. The van der Waals surface area contributed by atoms with Crippen LogP contribution in [0.15, 0.2) is 48.6 Å². The Bertz CT molecular complexity index is 937. The van der Waals surface area contributed by atoms with Gasteiger partial charge in [-0.1, -0.05) is 146 Å². The molecule has 0 heterocycles. The first-order valence-electron chi connectivity index (χ1n) is 21.8. The first-order valence-corrected chi connectivity index (χ1v) is 21.8. The number of carbonyl (C=O) groups is 3. The first kappa shape index (κ1) is 49.4. The van der Waals surface area contributed by atoms with Crippen LogP contribution in [-0.2, 0) is 19.1 Å². The molecule has 6 nitrogen and oxygen atoms in total. The van der Waals surface area contributed by atoms with Gasteiger partial charge in [0.25, 0.3) is 0 Å². The quantitative estimate of drug-likeness (QED) is 0.0373. The SMILES string of the molecule is CCCCC/C=C\C/C=C\CCCCCCCC(=O)OC(CCCCC/C=C\C/C=C\CCCCCCC)CCCCCCCC(=O)NCC(=O)O. The number of esters is 1. The molecule has 1 atom stereocenters. The molecule has 0 spiro atoms. The van der Waals surface area contributed by atoms with Crippen LogP contribution in [0.2, 0.25) is 0 Å². The summed E-state index contributed by atoms with van der Waals surface area (Å²) < 4.78 is 6.02. The Labute approximate surface area is 320 Å². The lowest BCUT2D eigenvalue weighted by Crippen LogP contribution is -2.28. The highest BCUT2D eigenvalue weighted by Gasteiger charge is 2.14. The molecule has 52 heavy (non-hydrogen) atoms. The van der Waals surface area contributed by atoms with Crippen molar-refractivity contribution in [3.05, 3.63) is 48.6 Å². The number of amides is 1. The molecule has 1 amide bonds. The molecule has 0 radical (unpaired) electrons. The van der Waals surface area contributed by atoms with Crippen molar-refractivity contribution in [3.63, 3.8) is 0 Å². The summed E-state index contributed by atoms with van der Waals surface area (Å²) in [5.74, 6) is -1.26. The van der Waals surface area contributed by atoms with Gasteiger partial charge in [0, 0.05) is 12.8 Å². The summed E-state index contributed by atoms with van der Waals surface area (Å²) >= 11 is 0. The van der Waals surface area contributed by atoms with Gasteiger partial charge in [-0.2, -0.15) is 0 Å². The van der Waals surface area contributed by atoms with Crippen LogP contribution in [0.25, 0.3) is 0 Å². The van der Waals surface area contributed by atoms with Gasteiger partial charge in [0.15, 0.2) is 0 Å². The summed E-state index contributed by atoms with van der Waals surface area (Å²) in [5, 5.41) is 11.1. The van der Waals surface area contributed by atoms with Crippen LogP contribution in [-0.4, -0.2) is 35.6 Å². The van der Waals surface area contributed by atoms with Gasteiger partial charge < -0.3 is 15.2 Å². The Balaban J connectivity index is 4.27. The summed E-state index contributed by atoms with van der Waals surface area (Å²) in [6.45, 7) is 4.19. The third-order valence-electron chi connectivity index (χ3n) is 9.47. The van der Waals surface area contributed by atoms with Gasteiger partial charge in [-0.15, -0.1) is 0 Å². The van der Waals surface area contributed by atoms with E-state index in [0.717, 1.165) is 96.3 Å². The lowest BCUT2D eigenvalue weighted by atomic mass is 10.0. The van der Waals surface area contributed by atoms with Crippen molar-refractivity contribution < 1.29 is 24.2 Å². The van der Waals surface area contributed by atoms with E-state index in [1.165, 1.54) is 89.9 Å². The van der Waals surface area contributed by atoms with Gasteiger partial charge >= 0.3 is 11.9 Å².